The highest BCUT2D eigenvalue weighted by Crippen LogP contribution is 2.27. The van der Waals surface area contributed by atoms with Gasteiger partial charge in [-0.15, -0.1) is 0 Å². The second-order valence-electron chi connectivity index (χ2n) is 7.21. The van der Waals surface area contributed by atoms with Crippen molar-refractivity contribution in [2.45, 2.75) is 37.9 Å². The van der Waals surface area contributed by atoms with Crippen LogP contribution in [0.1, 0.15) is 24.8 Å². The Labute approximate surface area is 140 Å². The molecule has 0 aromatic heterocycles. The maximum atomic E-state index is 13.2. The zero-order chi connectivity index (χ0) is 16.7. The Kier molecular flexibility index (Phi) is 4.00. The summed E-state index contributed by atoms with van der Waals surface area (Å²) in [5.41, 5.74) is 0.947. The number of hydrogen-bond acceptors (Lipinski definition) is 3. The van der Waals surface area contributed by atoms with Gasteiger partial charge in [0.15, 0.2) is 0 Å². The number of carbonyl (C=O) groups excluding carboxylic acids is 2. The van der Waals surface area contributed by atoms with E-state index < -0.39 is 0 Å². The first kappa shape index (κ1) is 15.6. The van der Waals surface area contributed by atoms with E-state index in [0.717, 1.165) is 31.5 Å². The molecule has 2 saturated heterocycles. The number of hydrogen-bond donors (Lipinski definition) is 1. The zero-order valence-corrected chi connectivity index (χ0v) is 13.6. The fourth-order valence-corrected chi connectivity index (χ4v) is 3.57. The van der Waals surface area contributed by atoms with E-state index in [9.17, 15) is 14.0 Å². The van der Waals surface area contributed by atoms with Crippen LogP contribution in [-0.4, -0.2) is 53.3 Å². The summed E-state index contributed by atoms with van der Waals surface area (Å²) in [5, 5.41) is 2.99. The van der Waals surface area contributed by atoms with Crippen molar-refractivity contribution in [1.29, 1.82) is 0 Å². The molecular weight excluding hydrogens is 309 g/mol. The molecule has 5 nitrogen and oxygen atoms in total. The number of rotatable bonds is 5. The van der Waals surface area contributed by atoms with Crippen LogP contribution in [-0.2, 0) is 16.1 Å². The van der Waals surface area contributed by atoms with Crippen molar-refractivity contribution in [2.75, 3.05) is 19.6 Å². The van der Waals surface area contributed by atoms with E-state index in [1.54, 1.807) is 12.1 Å². The van der Waals surface area contributed by atoms with E-state index in [1.807, 2.05) is 11.0 Å². The third kappa shape index (κ3) is 3.29. The normalized spacial score (nSPS) is 25.0. The molecule has 1 aromatic rings. The molecule has 0 spiro atoms. The summed E-state index contributed by atoms with van der Waals surface area (Å²) in [6.45, 7) is 2.82. The maximum Gasteiger partial charge on any atom is 0.225 e. The molecule has 2 amide bonds. The molecule has 2 aliphatic heterocycles. The quantitative estimate of drug-likeness (QED) is 0.880. The van der Waals surface area contributed by atoms with Crippen molar-refractivity contribution >= 4 is 11.8 Å². The van der Waals surface area contributed by atoms with Gasteiger partial charge in [0.25, 0.3) is 0 Å². The molecule has 6 heteroatoms. The molecule has 1 atom stereocenters. The van der Waals surface area contributed by atoms with Gasteiger partial charge in [-0.2, -0.15) is 0 Å². The van der Waals surface area contributed by atoms with Crippen LogP contribution in [0.25, 0.3) is 0 Å². The molecular formula is C18H22FN3O2. The number of nitrogens with zero attached hydrogens (tertiary/aromatic N) is 2. The molecule has 128 valence electrons. The molecule has 1 aromatic carbocycles. The second kappa shape index (κ2) is 6.16. The minimum absolute atomic E-state index is 0.0318. The average molecular weight is 331 g/mol. The lowest BCUT2D eigenvalue weighted by Crippen LogP contribution is -2.59. The summed E-state index contributed by atoms with van der Waals surface area (Å²) < 4.78 is 13.2. The van der Waals surface area contributed by atoms with Gasteiger partial charge in [0.1, 0.15) is 5.82 Å². The third-order valence-electron chi connectivity index (χ3n) is 5.13. The smallest absolute Gasteiger partial charge is 0.225 e. The highest BCUT2D eigenvalue weighted by Gasteiger charge is 2.42. The highest BCUT2D eigenvalue weighted by molar-refractivity contribution is 5.89. The van der Waals surface area contributed by atoms with Crippen LogP contribution in [0, 0.1) is 11.7 Å². The lowest BCUT2D eigenvalue weighted by molar-refractivity contribution is -0.133. The molecule has 1 saturated carbocycles. The minimum Gasteiger partial charge on any atom is -0.353 e. The van der Waals surface area contributed by atoms with Crippen molar-refractivity contribution in [3.05, 3.63) is 35.6 Å². The monoisotopic (exact) mass is 331 g/mol. The van der Waals surface area contributed by atoms with E-state index in [1.165, 1.54) is 6.07 Å². The third-order valence-corrected chi connectivity index (χ3v) is 5.13. The number of benzene rings is 1. The van der Waals surface area contributed by atoms with Crippen molar-refractivity contribution in [2.24, 2.45) is 5.92 Å². The fourth-order valence-electron chi connectivity index (χ4n) is 3.57. The van der Waals surface area contributed by atoms with Gasteiger partial charge in [0.05, 0.1) is 12.0 Å². The number of nitrogens with one attached hydrogen (secondary N) is 1. The molecule has 1 unspecified atom stereocenters. The minimum atomic E-state index is -0.219. The zero-order valence-electron chi connectivity index (χ0n) is 13.6. The van der Waals surface area contributed by atoms with E-state index in [2.05, 4.69) is 10.2 Å². The van der Waals surface area contributed by atoms with Gasteiger partial charge < -0.3 is 10.2 Å². The van der Waals surface area contributed by atoms with Gasteiger partial charge in [0.2, 0.25) is 11.8 Å². The van der Waals surface area contributed by atoms with Gasteiger partial charge in [-0.05, 0) is 30.5 Å². The van der Waals surface area contributed by atoms with Crippen molar-refractivity contribution < 1.29 is 14.0 Å². The molecule has 1 aliphatic carbocycles. The standard InChI is InChI=1S/C18H22FN3O2/c19-14-3-1-2-12(6-14)8-21-10-16(11-21)22-9-13(7-17(22)23)18(24)20-15-4-5-15/h1-3,6,13,15-16H,4-5,7-11H2,(H,20,24). The first-order chi connectivity index (χ1) is 11.6. The molecule has 1 N–H and O–H groups in total. The summed E-state index contributed by atoms with van der Waals surface area (Å²) in [6, 6.07) is 7.15. The Balaban J connectivity index is 1.27. The average Bonchev–Trinajstić information content (AvgIpc) is 3.23. The van der Waals surface area contributed by atoms with Crippen LogP contribution in [0.5, 0.6) is 0 Å². The van der Waals surface area contributed by atoms with Crippen molar-refractivity contribution in [1.82, 2.24) is 15.1 Å². The summed E-state index contributed by atoms with van der Waals surface area (Å²) in [4.78, 5) is 28.4. The van der Waals surface area contributed by atoms with Gasteiger partial charge in [-0.1, -0.05) is 12.1 Å². The Morgan fingerprint density at radius 3 is 2.75 bits per heavy atom. The van der Waals surface area contributed by atoms with Crippen LogP contribution >= 0.6 is 0 Å². The predicted molar refractivity (Wildman–Crippen MR) is 86.4 cm³/mol. The number of carbonyl (C=O) groups is 2. The Morgan fingerprint density at radius 1 is 1.25 bits per heavy atom. The molecule has 3 aliphatic rings. The number of halogens is 1. The molecule has 3 fully saturated rings. The predicted octanol–water partition coefficient (Wildman–Crippen LogP) is 1.14. The summed E-state index contributed by atoms with van der Waals surface area (Å²) in [6.07, 6.45) is 2.46. The molecule has 0 bridgehead atoms. The molecule has 2 heterocycles. The van der Waals surface area contributed by atoms with E-state index in [0.29, 0.717) is 25.6 Å². The second-order valence-corrected chi connectivity index (χ2v) is 7.21. The first-order valence-corrected chi connectivity index (χ1v) is 8.65. The van der Waals surface area contributed by atoms with Crippen LogP contribution < -0.4 is 5.32 Å². The summed E-state index contributed by atoms with van der Waals surface area (Å²) in [7, 11) is 0. The van der Waals surface area contributed by atoms with Gasteiger partial charge in [0, 0.05) is 38.6 Å². The number of likely N-dealkylation sites (tertiary alicyclic amines) is 2. The van der Waals surface area contributed by atoms with Crippen molar-refractivity contribution in [3.63, 3.8) is 0 Å². The van der Waals surface area contributed by atoms with Crippen LogP contribution in [0.15, 0.2) is 24.3 Å². The van der Waals surface area contributed by atoms with Gasteiger partial charge >= 0.3 is 0 Å². The van der Waals surface area contributed by atoms with E-state index in [-0.39, 0.29) is 29.6 Å². The van der Waals surface area contributed by atoms with Crippen LogP contribution in [0.4, 0.5) is 4.39 Å². The molecule has 4 rings (SSSR count). The summed E-state index contributed by atoms with van der Waals surface area (Å²) in [5.74, 6) is -0.301. The van der Waals surface area contributed by atoms with Gasteiger partial charge in [-0.3, -0.25) is 14.5 Å². The van der Waals surface area contributed by atoms with Crippen LogP contribution in [0.2, 0.25) is 0 Å². The van der Waals surface area contributed by atoms with Crippen LogP contribution in [0.3, 0.4) is 0 Å². The number of amides is 2. The molecule has 0 radical (unpaired) electrons. The summed E-state index contributed by atoms with van der Waals surface area (Å²) >= 11 is 0. The van der Waals surface area contributed by atoms with Crippen molar-refractivity contribution in [3.8, 4) is 0 Å². The topological polar surface area (TPSA) is 52.7 Å². The molecule has 24 heavy (non-hydrogen) atoms. The Hall–Kier alpha value is -1.95. The lowest BCUT2D eigenvalue weighted by Gasteiger charge is -2.44. The Morgan fingerprint density at radius 2 is 2.04 bits per heavy atom. The van der Waals surface area contributed by atoms with E-state index >= 15 is 0 Å². The van der Waals surface area contributed by atoms with Gasteiger partial charge in [-0.25, -0.2) is 4.39 Å². The first-order valence-electron chi connectivity index (χ1n) is 8.65. The lowest BCUT2D eigenvalue weighted by atomic mass is 10.1. The SMILES string of the molecule is O=C(NC1CC1)C1CC(=O)N(C2CN(Cc3cccc(F)c3)C2)C1. The fraction of sp³-hybridized carbons (Fsp3) is 0.556. The largest absolute Gasteiger partial charge is 0.353 e. The Bertz CT molecular complexity index is 655. The van der Waals surface area contributed by atoms with E-state index in [4.69, 9.17) is 0 Å². The highest BCUT2D eigenvalue weighted by atomic mass is 19.1. The maximum absolute atomic E-state index is 13.2.